The molecule has 4 heterocycles. The molecular formula is C57H34N4OS. The number of hydrogen-bond donors (Lipinski definition) is 0. The van der Waals surface area contributed by atoms with Gasteiger partial charge in [-0.25, -0.2) is 15.0 Å². The molecule has 12 aromatic rings. The van der Waals surface area contributed by atoms with Crippen LogP contribution in [0.3, 0.4) is 0 Å². The van der Waals surface area contributed by atoms with E-state index in [0.29, 0.717) is 17.5 Å². The standard InChI is InChI=1S/C57H34N4OS/c1-2-13-35(14-3-1)55-58-56(43-20-11-23-50-52(43)41-18-8-9-22-49(41)63-50)60-57(59-55)44-21-10-19-42-51-45-32-38(27-24-34(45)26-29-48(51)62-54(42)44)61-47-31-37-16-5-4-15-36(37)30-46(47)40-28-25-33-12-6-7-17-39(33)53(40)61/h1-28,30-32,48H,29H2. The topological polar surface area (TPSA) is 52.8 Å². The van der Waals surface area contributed by atoms with Crippen molar-refractivity contribution in [2.24, 2.45) is 0 Å². The second kappa shape index (κ2) is 13.3. The van der Waals surface area contributed by atoms with Gasteiger partial charge in [-0.2, -0.15) is 0 Å². The highest BCUT2D eigenvalue weighted by Gasteiger charge is 2.34. The highest BCUT2D eigenvalue weighted by atomic mass is 32.1. The maximum atomic E-state index is 7.06. The van der Waals surface area contributed by atoms with Crippen LogP contribution >= 0.6 is 11.3 Å². The molecular weight excluding hydrogens is 789 g/mol. The Morgan fingerprint density at radius 2 is 1.21 bits per heavy atom. The molecule has 1 atom stereocenters. The van der Waals surface area contributed by atoms with Gasteiger partial charge in [0.2, 0.25) is 0 Å². The van der Waals surface area contributed by atoms with Crippen LogP contribution in [0.15, 0.2) is 182 Å². The zero-order valence-electron chi connectivity index (χ0n) is 33.8. The lowest BCUT2D eigenvalue weighted by molar-refractivity contribution is 0.283. The van der Waals surface area contributed by atoms with Crippen molar-refractivity contribution < 1.29 is 4.74 Å². The largest absolute Gasteiger partial charge is 0.484 e. The molecule has 0 bridgehead atoms. The van der Waals surface area contributed by atoms with E-state index in [-0.39, 0.29) is 6.10 Å². The van der Waals surface area contributed by atoms with Gasteiger partial charge in [-0.15, -0.1) is 11.3 Å². The summed E-state index contributed by atoms with van der Waals surface area (Å²) in [5, 5.41) is 12.2. The summed E-state index contributed by atoms with van der Waals surface area (Å²) >= 11 is 1.80. The number of fused-ring (bicyclic) bond motifs is 13. The van der Waals surface area contributed by atoms with E-state index < -0.39 is 0 Å². The molecule has 1 unspecified atom stereocenters. The Bertz CT molecular complexity index is 4050. The molecule has 5 nitrogen and oxygen atoms in total. The Morgan fingerprint density at radius 3 is 2.10 bits per heavy atom. The molecule has 0 saturated heterocycles. The van der Waals surface area contributed by atoms with Crippen LogP contribution in [0.1, 0.15) is 12.0 Å². The average Bonchev–Trinajstić information content (AvgIpc) is 4.03. The Kier molecular flexibility index (Phi) is 7.33. The molecule has 0 amide bonds. The average molecular weight is 823 g/mol. The van der Waals surface area contributed by atoms with Crippen LogP contribution < -0.4 is 15.2 Å². The highest BCUT2D eigenvalue weighted by molar-refractivity contribution is 7.25. The number of rotatable bonds is 4. The van der Waals surface area contributed by atoms with Crippen LogP contribution in [-0.2, 0) is 0 Å². The fourth-order valence-electron chi connectivity index (χ4n) is 10.3. The molecule has 0 N–H and O–H groups in total. The van der Waals surface area contributed by atoms with Gasteiger partial charge in [0.25, 0.3) is 0 Å². The second-order valence-electron chi connectivity index (χ2n) is 16.6. The van der Waals surface area contributed by atoms with E-state index >= 15 is 0 Å². The van der Waals surface area contributed by atoms with Crippen LogP contribution in [-0.4, -0.2) is 25.6 Å². The number of hydrogen-bond acceptors (Lipinski definition) is 5. The van der Waals surface area contributed by atoms with Gasteiger partial charge in [0, 0.05) is 70.7 Å². The minimum Gasteiger partial charge on any atom is -0.484 e. The quantitative estimate of drug-likeness (QED) is 0.177. The maximum absolute atomic E-state index is 7.06. The smallest absolute Gasteiger partial charge is 0.167 e. The van der Waals surface area contributed by atoms with E-state index in [2.05, 4.69) is 174 Å². The molecule has 0 spiro atoms. The van der Waals surface area contributed by atoms with E-state index in [9.17, 15) is 0 Å². The minimum absolute atomic E-state index is 0.146. The van der Waals surface area contributed by atoms with Gasteiger partial charge in [0.05, 0.1) is 16.6 Å². The summed E-state index contributed by atoms with van der Waals surface area (Å²) in [5.41, 5.74) is 8.60. The van der Waals surface area contributed by atoms with Crippen molar-refractivity contribution in [2.45, 2.75) is 12.5 Å². The van der Waals surface area contributed by atoms with Gasteiger partial charge in [-0.3, -0.25) is 0 Å². The van der Waals surface area contributed by atoms with Gasteiger partial charge in [-0.05, 0) is 69.1 Å². The molecule has 9 aromatic carbocycles. The van der Waals surface area contributed by atoms with Gasteiger partial charge in [0.15, 0.2) is 17.5 Å². The molecule has 3 aromatic heterocycles. The first kappa shape index (κ1) is 34.7. The van der Waals surface area contributed by atoms with E-state index in [0.717, 1.165) is 45.5 Å². The summed E-state index contributed by atoms with van der Waals surface area (Å²) in [4.78, 5) is 15.7. The third kappa shape index (κ3) is 5.19. The number of nitrogens with zero attached hydrogens (tertiary/aromatic N) is 4. The minimum atomic E-state index is -0.146. The van der Waals surface area contributed by atoms with Gasteiger partial charge < -0.3 is 9.30 Å². The van der Waals surface area contributed by atoms with Gasteiger partial charge >= 0.3 is 0 Å². The van der Waals surface area contributed by atoms with Crippen molar-refractivity contribution in [3.05, 3.63) is 198 Å². The summed E-state index contributed by atoms with van der Waals surface area (Å²) in [6.45, 7) is 0. The Hall–Kier alpha value is -7.93. The zero-order chi connectivity index (χ0) is 41.2. The van der Waals surface area contributed by atoms with E-state index in [1.165, 1.54) is 74.1 Å². The zero-order valence-corrected chi connectivity index (χ0v) is 34.6. The predicted octanol–water partition coefficient (Wildman–Crippen LogP) is 12.8. The van der Waals surface area contributed by atoms with Crippen molar-refractivity contribution >= 4 is 86.5 Å². The molecule has 0 fully saturated rings. The first-order valence-electron chi connectivity index (χ1n) is 21.4. The van der Waals surface area contributed by atoms with Crippen LogP contribution in [0.2, 0.25) is 0 Å². The molecule has 1 aliphatic carbocycles. The molecule has 2 aliphatic rings. The third-order valence-corrected chi connectivity index (χ3v) is 14.2. The van der Waals surface area contributed by atoms with Crippen LogP contribution in [0.5, 0.6) is 5.75 Å². The maximum Gasteiger partial charge on any atom is 0.167 e. The fourth-order valence-corrected chi connectivity index (χ4v) is 11.4. The molecule has 0 radical (unpaired) electrons. The lowest BCUT2D eigenvalue weighted by atomic mass is 9.92. The number of para-hydroxylation sites is 1. The molecule has 63 heavy (non-hydrogen) atoms. The predicted molar refractivity (Wildman–Crippen MR) is 260 cm³/mol. The van der Waals surface area contributed by atoms with Crippen molar-refractivity contribution in [1.29, 1.82) is 0 Å². The molecule has 1 aliphatic heterocycles. The van der Waals surface area contributed by atoms with Crippen molar-refractivity contribution in [2.75, 3.05) is 0 Å². The lowest BCUT2D eigenvalue weighted by Gasteiger charge is -2.16. The Labute approximate surface area is 365 Å². The first-order chi connectivity index (χ1) is 31.2. The van der Waals surface area contributed by atoms with Crippen molar-refractivity contribution in [3.63, 3.8) is 0 Å². The SMILES string of the molecule is C1=c2ccc(-n3c4cc5ccccc5cc4c4ccc5ccccc5c43)cc2=C2c3cccc(-c4nc(-c5ccccc5)nc(-c5cccc6sc7ccccc7c56)n4)c3OC2C1. The first-order valence-corrected chi connectivity index (χ1v) is 22.3. The van der Waals surface area contributed by atoms with Crippen LogP contribution in [0, 0.1) is 0 Å². The Morgan fingerprint density at radius 1 is 0.508 bits per heavy atom. The third-order valence-electron chi connectivity index (χ3n) is 13.1. The highest BCUT2D eigenvalue weighted by Crippen LogP contribution is 2.46. The van der Waals surface area contributed by atoms with E-state index in [1.807, 2.05) is 18.2 Å². The normalized spacial score (nSPS) is 14.3. The molecule has 294 valence electrons. The number of aromatic nitrogens is 4. The van der Waals surface area contributed by atoms with Crippen LogP contribution in [0.25, 0.3) is 115 Å². The van der Waals surface area contributed by atoms with Crippen molar-refractivity contribution in [1.82, 2.24) is 19.5 Å². The molecule has 14 rings (SSSR count). The summed E-state index contributed by atoms with van der Waals surface area (Å²) in [6.07, 6.45) is 2.95. The van der Waals surface area contributed by atoms with Crippen molar-refractivity contribution in [3.8, 4) is 45.6 Å². The Balaban J connectivity index is 0.994. The monoisotopic (exact) mass is 822 g/mol. The van der Waals surface area contributed by atoms with Gasteiger partial charge in [0.1, 0.15) is 11.9 Å². The summed E-state index contributed by atoms with van der Waals surface area (Å²) in [7, 11) is 0. The number of benzene rings is 9. The summed E-state index contributed by atoms with van der Waals surface area (Å²) in [5.74, 6) is 2.67. The summed E-state index contributed by atoms with van der Waals surface area (Å²) in [6, 6.07) is 65.3. The van der Waals surface area contributed by atoms with E-state index in [1.54, 1.807) is 11.3 Å². The summed E-state index contributed by atoms with van der Waals surface area (Å²) < 4.78 is 12.0. The molecule has 0 saturated carbocycles. The number of thiophene rings is 1. The second-order valence-corrected chi connectivity index (χ2v) is 17.7. The number of ether oxygens (including phenoxy) is 1. The van der Waals surface area contributed by atoms with Gasteiger partial charge in [-0.1, -0.05) is 146 Å². The fraction of sp³-hybridized carbons (Fsp3) is 0.0351. The lowest BCUT2D eigenvalue weighted by Crippen LogP contribution is -2.35. The molecule has 6 heteroatoms. The van der Waals surface area contributed by atoms with Crippen LogP contribution in [0.4, 0.5) is 0 Å². The van der Waals surface area contributed by atoms with E-state index in [4.69, 9.17) is 19.7 Å².